The molecule has 0 bridgehead atoms. The molecule has 1 aliphatic heterocycles. The Morgan fingerprint density at radius 2 is 2.07 bits per heavy atom. The quantitative estimate of drug-likeness (QED) is 0.706. The van der Waals surface area contributed by atoms with Crippen LogP contribution in [0.25, 0.3) is 0 Å². The van der Waals surface area contributed by atoms with Gasteiger partial charge in [0.05, 0.1) is 25.9 Å². The van der Waals surface area contributed by atoms with Gasteiger partial charge < -0.3 is 9.47 Å². The van der Waals surface area contributed by atoms with Crippen LogP contribution in [0.15, 0.2) is 30.3 Å². The van der Waals surface area contributed by atoms with Gasteiger partial charge in [-0.05, 0) is 0 Å². The summed E-state index contributed by atoms with van der Waals surface area (Å²) in [7, 11) is 0. The molecule has 3 nitrogen and oxygen atoms in total. The van der Waals surface area contributed by atoms with Gasteiger partial charge in [0.15, 0.2) is 5.78 Å². The van der Waals surface area contributed by atoms with Crippen LogP contribution in [0.3, 0.4) is 0 Å². The van der Waals surface area contributed by atoms with Crippen molar-refractivity contribution >= 4 is 5.78 Å². The van der Waals surface area contributed by atoms with Crippen molar-refractivity contribution in [3.05, 3.63) is 35.9 Å². The molecule has 0 amide bonds. The highest BCUT2D eigenvalue weighted by Crippen LogP contribution is 2.10. The fraction of sp³-hybridized carbons (Fsp3) is 0.417. The van der Waals surface area contributed by atoms with Crippen LogP contribution in [0.4, 0.5) is 0 Å². The van der Waals surface area contributed by atoms with Gasteiger partial charge in [0.1, 0.15) is 0 Å². The van der Waals surface area contributed by atoms with E-state index >= 15 is 0 Å². The van der Waals surface area contributed by atoms with E-state index in [-0.39, 0.29) is 11.9 Å². The zero-order chi connectivity index (χ0) is 10.5. The molecule has 2 rings (SSSR count). The number of hydrogen-bond donors (Lipinski definition) is 0. The van der Waals surface area contributed by atoms with Crippen molar-refractivity contribution in [1.29, 1.82) is 0 Å². The van der Waals surface area contributed by atoms with Crippen molar-refractivity contribution in [3.8, 4) is 0 Å². The Morgan fingerprint density at radius 3 is 2.73 bits per heavy atom. The van der Waals surface area contributed by atoms with Crippen LogP contribution in [-0.4, -0.2) is 31.7 Å². The van der Waals surface area contributed by atoms with Gasteiger partial charge >= 0.3 is 0 Å². The zero-order valence-electron chi connectivity index (χ0n) is 8.52. The summed E-state index contributed by atoms with van der Waals surface area (Å²) in [5.74, 6) is 0.117. The van der Waals surface area contributed by atoms with E-state index < -0.39 is 0 Å². The van der Waals surface area contributed by atoms with Crippen LogP contribution in [-0.2, 0) is 9.47 Å². The lowest BCUT2D eigenvalue weighted by atomic mass is 10.1. The summed E-state index contributed by atoms with van der Waals surface area (Å²) < 4.78 is 10.7. The predicted molar refractivity (Wildman–Crippen MR) is 55.9 cm³/mol. The van der Waals surface area contributed by atoms with Crippen molar-refractivity contribution < 1.29 is 14.3 Å². The van der Waals surface area contributed by atoms with E-state index in [0.717, 1.165) is 5.56 Å². The van der Waals surface area contributed by atoms with Crippen LogP contribution in [0.2, 0.25) is 0 Å². The van der Waals surface area contributed by atoms with E-state index in [4.69, 9.17) is 9.47 Å². The fourth-order valence-corrected chi connectivity index (χ4v) is 1.60. The predicted octanol–water partition coefficient (Wildman–Crippen LogP) is 1.67. The molecule has 1 aliphatic rings. The number of rotatable bonds is 3. The molecule has 15 heavy (non-hydrogen) atoms. The molecule has 1 atom stereocenters. The summed E-state index contributed by atoms with van der Waals surface area (Å²) in [6.07, 6.45) is 0.329. The monoisotopic (exact) mass is 206 g/mol. The van der Waals surface area contributed by atoms with E-state index in [9.17, 15) is 4.79 Å². The van der Waals surface area contributed by atoms with E-state index in [1.54, 1.807) is 0 Å². The minimum atomic E-state index is -0.0774. The van der Waals surface area contributed by atoms with Gasteiger partial charge in [-0.1, -0.05) is 30.3 Å². The van der Waals surface area contributed by atoms with Crippen molar-refractivity contribution in [3.63, 3.8) is 0 Å². The van der Waals surface area contributed by atoms with Gasteiger partial charge in [0.25, 0.3) is 0 Å². The standard InChI is InChI=1S/C12H14O3/c13-12(10-4-2-1-3-5-10)8-11-9-14-6-7-15-11/h1-5,11H,6-9H2/t11-/m0/s1. The van der Waals surface area contributed by atoms with Gasteiger partial charge in [-0.2, -0.15) is 0 Å². The van der Waals surface area contributed by atoms with Crippen molar-refractivity contribution in [2.24, 2.45) is 0 Å². The van der Waals surface area contributed by atoms with E-state index in [0.29, 0.717) is 26.2 Å². The molecule has 1 saturated heterocycles. The molecule has 0 N–H and O–H groups in total. The molecule has 0 unspecified atom stereocenters. The average Bonchev–Trinajstić information content (AvgIpc) is 2.31. The SMILES string of the molecule is O=C(C[C@H]1COCCO1)c1ccccc1. The van der Waals surface area contributed by atoms with E-state index in [1.165, 1.54) is 0 Å². The lowest BCUT2D eigenvalue weighted by Crippen LogP contribution is -2.30. The van der Waals surface area contributed by atoms with Crippen LogP contribution >= 0.6 is 0 Å². The molecular formula is C12H14O3. The minimum Gasteiger partial charge on any atom is -0.376 e. The molecule has 0 aliphatic carbocycles. The molecular weight excluding hydrogens is 192 g/mol. The third kappa shape index (κ3) is 2.88. The van der Waals surface area contributed by atoms with E-state index in [1.807, 2.05) is 30.3 Å². The molecule has 1 fully saturated rings. The number of carbonyl (C=O) groups excluding carboxylic acids is 1. The number of ether oxygens (including phenoxy) is 2. The van der Waals surface area contributed by atoms with Crippen molar-refractivity contribution in [2.45, 2.75) is 12.5 Å². The van der Waals surface area contributed by atoms with Gasteiger partial charge in [-0.15, -0.1) is 0 Å². The Morgan fingerprint density at radius 1 is 1.27 bits per heavy atom. The highest BCUT2D eigenvalue weighted by molar-refractivity contribution is 5.96. The second-order valence-corrected chi connectivity index (χ2v) is 3.56. The molecule has 3 heteroatoms. The largest absolute Gasteiger partial charge is 0.376 e. The molecule has 1 aromatic carbocycles. The summed E-state index contributed by atoms with van der Waals surface area (Å²) >= 11 is 0. The van der Waals surface area contributed by atoms with Crippen molar-refractivity contribution in [1.82, 2.24) is 0 Å². The number of hydrogen-bond acceptors (Lipinski definition) is 3. The summed E-state index contributed by atoms with van der Waals surface area (Å²) in [6.45, 7) is 1.75. The molecule has 0 aromatic heterocycles. The topological polar surface area (TPSA) is 35.5 Å². The average molecular weight is 206 g/mol. The minimum absolute atomic E-state index is 0.0774. The molecule has 0 spiro atoms. The fourth-order valence-electron chi connectivity index (χ4n) is 1.60. The van der Waals surface area contributed by atoms with Gasteiger partial charge in [0, 0.05) is 12.0 Å². The Balaban J connectivity index is 1.91. The first-order valence-corrected chi connectivity index (χ1v) is 5.14. The normalized spacial score (nSPS) is 21.2. The maximum atomic E-state index is 11.8. The Kier molecular flexibility index (Phi) is 3.48. The smallest absolute Gasteiger partial charge is 0.165 e. The van der Waals surface area contributed by atoms with Crippen molar-refractivity contribution in [2.75, 3.05) is 19.8 Å². The lowest BCUT2D eigenvalue weighted by molar-refractivity contribution is -0.0868. The van der Waals surface area contributed by atoms with Crippen LogP contribution in [0, 0.1) is 0 Å². The van der Waals surface area contributed by atoms with Gasteiger partial charge in [-0.25, -0.2) is 0 Å². The molecule has 80 valence electrons. The summed E-state index contributed by atoms with van der Waals surface area (Å²) in [6, 6.07) is 9.28. The Hall–Kier alpha value is -1.19. The van der Waals surface area contributed by atoms with Crippen LogP contribution < -0.4 is 0 Å². The van der Waals surface area contributed by atoms with Crippen LogP contribution in [0.5, 0.6) is 0 Å². The second kappa shape index (κ2) is 5.05. The Bertz CT molecular complexity index is 315. The summed E-state index contributed by atoms with van der Waals surface area (Å²) in [5, 5.41) is 0. The van der Waals surface area contributed by atoms with Gasteiger partial charge in [-0.3, -0.25) is 4.79 Å². The number of Topliss-reactive ketones (excluding diaryl/α,β-unsaturated/α-hetero) is 1. The first-order chi connectivity index (χ1) is 7.36. The summed E-state index contributed by atoms with van der Waals surface area (Å²) in [4.78, 5) is 11.8. The highest BCUT2D eigenvalue weighted by atomic mass is 16.6. The third-order valence-electron chi connectivity index (χ3n) is 2.39. The van der Waals surface area contributed by atoms with Gasteiger partial charge in [0.2, 0.25) is 0 Å². The first kappa shape index (κ1) is 10.3. The maximum Gasteiger partial charge on any atom is 0.165 e. The third-order valence-corrected chi connectivity index (χ3v) is 2.39. The molecule has 1 aromatic rings. The van der Waals surface area contributed by atoms with E-state index in [2.05, 4.69) is 0 Å². The highest BCUT2D eigenvalue weighted by Gasteiger charge is 2.18. The number of ketones is 1. The van der Waals surface area contributed by atoms with Crippen LogP contribution in [0.1, 0.15) is 16.8 Å². The molecule has 1 heterocycles. The zero-order valence-corrected chi connectivity index (χ0v) is 8.52. The number of benzene rings is 1. The molecule has 0 saturated carbocycles. The Labute approximate surface area is 89.0 Å². The lowest BCUT2D eigenvalue weighted by Gasteiger charge is -2.22. The molecule has 0 radical (unpaired) electrons. The first-order valence-electron chi connectivity index (χ1n) is 5.14. The summed E-state index contributed by atoms with van der Waals surface area (Å²) in [5.41, 5.74) is 0.742. The maximum absolute atomic E-state index is 11.8. The second-order valence-electron chi connectivity index (χ2n) is 3.56. The number of carbonyl (C=O) groups is 1.